The van der Waals surface area contributed by atoms with Gasteiger partial charge in [-0.2, -0.15) is 0 Å². The van der Waals surface area contributed by atoms with Crippen LogP contribution < -0.4 is 5.32 Å². The highest BCUT2D eigenvalue weighted by atomic mass is 16.5. The van der Waals surface area contributed by atoms with Crippen molar-refractivity contribution in [3.63, 3.8) is 0 Å². The number of fused-ring (bicyclic) bond motifs is 1. The predicted molar refractivity (Wildman–Crippen MR) is 80.6 cm³/mol. The molecule has 0 fully saturated rings. The van der Waals surface area contributed by atoms with Gasteiger partial charge in [0, 0.05) is 30.2 Å². The van der Waals surface area contributed by atoms with E-state index >= 15 is 0 Å². The molecule has 2 aromatic rings. The highest BCUT2D eigenvalue weighted by Gasteiger charge is 2.10. The van der Waals surface area contributed by atoms with Gasteiger partial charge < -0.3 is 14.6 Å². The van der Waals surface area contributed by atoms with Gasteiger partial charge >= 0.3 is 5.97 Å². The summed E-state index contributed by atoms with van der Waals surface area (Å²) in [6, 6.07) is 7.89. The lowest BCUT2D eigenvalue weighted by Gasteiger charge is -2.03. The first-order valence-corrected chi connectivity index (χ1v) is 6.69. The fraction of sp³-hybridized carbons (Fsp3) is 0.250. The molecule has 0 saturated heterocycles. The van der Waals surface area contributed by atoms with Crippen LogP contribution in [0.3, 0.4) is 0 Å². The standard InChI is InChI=1S/C16H18N2O3/c1-3-15(19)17-10-12-11-18(9-8-16(20)21-2)14-7-5-4-6-13(12)14/h3-7,11H,1,8-10H2,2H3,(H,17,19). The Balaban J connectivity index is 2.23. The second-order valence-corrected chi connectivity index (χ2v) is 4.61. The number of hydrogen-bond acceptors (Lipinski definition) is 3. The summed E-state index contributed by atoms with van der Waals surface area (Å²) in [5, 5.41) is 3.83. The van der Waals surface area contributed by atoms with Gasteiger partial charge in [0.15, 0.2) is 0 Å². The number of hydrogen-bond donors (Lipinski definition) is 1. The molecule has 0 radical (unpaired) electrons. The van der Waals surface area contributed by atoms with E-state index in [9.17, 15) is 9.59 Å². The van der Waals surface area contributed by atoms with Crippen molar-refractivity contribution in [2.24, 2.45) is 0 Å². The van der Waals surface area contributed by atoms with Gasteiger partial charge in [-0.25, -0.2) is 0 Å². The van der Waals surface area contributed by atoms with Crippen LogP contribution in [-0.4, -0.2) is 23.6 Å². The lowest BCUT2D eigenvalue weighted by Crippen LogP contribution is -2.19. The molecule has 0 bridgehead atoms. The van der Waals surface area contributed by atoms with Crippen molar-refractivity contribution in [2.75, 3.05) is 7.11 Å². The molecule has 5 nitrogen and oxygen atoms in total. The quantitative estimate of drug-likeness (QED) is 0.652. The molecular weight excluding hydrogens is 268 g/mol. The molecule has 2 rings (SSSR count). The van der Waals surface area contributed by atoms with E-state index in [2.05, 4.69) is 16.6 Å². The maximum absolute atomic E-state index is 11.3. The van der Waals surface area contributed by atoms with Crippen molar-refractivity contribution in [1.82, 2.24) is 9.88 Å². The molecule has 0 spiro atoms. The Morgan fingerprint density at radius 1 is 1.38 bits per heavy atom. The van der Waals surface area contributed by atoms with Gasteiger partial charge in [-0.1, -0.05) is 24.8 Å². The largest absolute Gasteiger partial charge is 0.469 e. The minimum atomic E-state index is -0.241. The number of benzene rings is 1. The van der Waals surface area contributed by atoms with Crippen molar-refractivity contribution in [2.45, 2.75) is 19.5 Å². The number of carbonyl (C=O) groups excluding carboxylic acids is 2. The average Bonchev–Trinajstić information content (AvgIpc) is 2.88. The molecule has 1 amide bonds. The van der Waals surface area contributed by atoms with E-state index in [1.54, 1.807) is 0 Å². The van der Waals surface area contributed by atoms with E-state index in [1.807, 2.05) is 35.0 Å². The van der Waals surface area contributed by atoms with Crippen molar-refractivity contribution in [3.8, 4) is 0 Å². The number of aromatic nitrogens is 1. The topological polar surface area (TPSA) is 60.3 Å². The Hall–Kier alpha value is -2.56. The molecule has 0 aliphatic heterocycles. The van der Waals surface area contributed by atoms with Gasteiger partial charge in [0.05, 0.1) is 13.5 Å². The number of nitrogens with one attached hydrogen (secondary N) is 1. The van der Waals surface area contributed by atoms with Crippen LogP contribution in [-0.2, 0) is 27.4 Å². The van der Waals surface area contributed by atoms with Gasteiger partial charge in [0.25, 0.3) is 0 Å². The molecule has 110 valence electrons. The third kappa shape index (κ3) is 3.51. The highest BCUT2D eigenvalue weighted by Crippen LogP contribution is 2.21. The Kier molecular flexibility index (Phi) is 4.77. The number of ether oxygens (including phenoxy) is 1. The summed E-state index contributed by atoms with van der Waals surface area (Å²) < 4.78 is 6.67. The first-order valence-electron chi connectivity index (χ1n) is 6.69. The lowest BCUT2D eigenvalue weighted by atomic mass is 10.2. The van der Waals surface area contributed by atoms with Crippen LogP contribution in [0.4, 0.5) is 0 Å². The van der Waals surface area contributed by atoms with Gasteiger partial charge in [-0.05, 0) is 17.7 Å². The number of aryl methyl sites for hydroxylation is 1. The zero-order valence-electron chi connectivity index (χ0n) is 12.0. The van der Waals surface area contributed by atoms with E-state index in [1.165, 1.54) is 13.2 Å². The molecule has 0 atom stereocenters. The number of nitrogens with zero attached hydrogens (tertiary/aromatic N) is 1. The number of methoxy groups -OCH3 is 1. The summed E-state index contributed by atoms with van der Waals surface area (Å²) >= 11 is 0. The van der Waals surface area contributed by atoms with Gasteiger partial charge in [-0.15, -0.1) is 0 Å². The second-order valence-electron chi connectivity index (χ2n) is 4.61. The van der Waals surface area contributed by atoms with Crippen LogP contribution >= 0.6 is 0 Å². The first-order chi connectivity index (χ1) is 10.2. The molecule has 0 saturated carbocycles. The molecule has 1 N–H and O–H groups in total. The lowest BCUT2D eigenvalue weighted by molar-refractivity contribution is -0.140. The third-order valence-electron chi connectivity index (χ3n) is 3.29. The maximum Gasteiger partial charge on any atom is 0.307 e. The predicted octanol–water partition coefficient (Wildman–Crippen LogP) is 2.01. The Labute approximate surface area is 123 Å². The minimum absolute atomic E-state index is 0.207. The zero-order valence-corrected chi connectivity index (χ0v) is 12.0. The van der Waals surface area contributed by atoms with Crippen molar-refractivity contribution >= 4 is 22.8 Å². The third-order valence-corrected chi connectivity index (χ3v) is 3.29. The van der Waals surface area contributed by atoms with Crippen LogP contribution in [0.1, 0.15) is 12.0 Å². The van der Waals surface area contributed by atoms with E-state index < -0.39 is 0 Å². The molecular formula is C16H18N2O3. The SMILES string of the molecule is C=CC(=O)NCc1cn(CCC(=O)OC)c2ccccc12. The fourth-order valence-corrected chi connectivity index (χ4v) is 2.22. The van der Waals surface area contributed by atoms with Crippen LogP contribution in [0.15, 0.2) is 43.1 Å². The summed E-state index contributed by atoms with van der Waals surface area (Å²) in [4.78, 5) is 22.6. The molecule has 0 aliphatic rings. The molecule has 21 heavy (non-hydrogen) atoms. The van der Waals surface area contributed by atoms with E-state index in [0.717, 1.165) is 16.5 Å². The zero-order chi connectivity index (χ0) is 15.2. The van der Waals surface area contributed by atoms with E-state index in [4.69, 9.17) is 0 Å². The number of esters is 1. The number of para-hydroxylation sites is 1. The number of amides is 1. The van der Waals surface area contributed by atoms with Crippen molar-refractivity contribution < 1.29 is 14.3 Å². The van der Waals surface area contributed by atoms with Crippen LogP contribution in [0.25, 0.3) is 10.9 Å². The van der Waals surface area contributed by atoms with E-state index in [0.29, 0.717) is 19.5 Å². The summed E-state index contributed by atoms with van der Waals surface area (Å²) in [7, 11) is 1.38. The van der Waals surface area contributed by atoms with Crippen LogP contribution in [0.5, 0.6) is 0 Å². The maximum atomic E-state index is 11.3. The van der Waals surface area contributed by atoms with Crippen LogP contribution in [0, 0.1) is 0 Å². The summed E-state index contributed by atoms with van der Waals surface area (Å²) in [6.45, 7) is 4.40. The molecule has 5 heteroatoms. The Bertz CT molecular complexity index is 673. The summed E-state index contributed by atoms with van der Waals surface area (Å²) in [5.74, 6) is -0.448. The van der Waals surface area contributed by atoms with Gasteiger partial charge in [0.1, 0.15) is 0 Å². The number of carbonyl (C=O) groups is 2. The highest BCUT2D eigenvalue weighted by molar-refractivity contribution is 5.88. The van der Waals surface area contributed by atoms with Crippen molar-refractivity contribution in [1.29, 1.82) is 0 Å². The monoisotopic (exact) mass is 286 g/mol. The molecule has 1 aromatic heterocycles. The normalized spacial score (nSPS) is 10.3. The first kappa shape index (κ1) is 14.8. The van der Waals surface area contributed by atoms with Crippen molar-refractivity contribution in [3.05, 3.63) is 48.7 Å². The van der Waals surface area contributed by atoms with Gasteiger partial charge in [0.2, 0.25) is 5.91 Å². The minimum Gasteiger partial charge on any atom is -0.469 e. The second kappa shape index (κ2) is 6.74. The Morgan fingerprint density at radius 3 is 2.86 bits per heavy atom. The average molecular weight is 286 g/mol. The van der Waals surface area contributed by atoms with Crippen LogP contribution in [0.2, 0.25) is 0 Å². The van der Waals surface area contributed by atoms with E-state index in [-0.39, 0.29) is 11.9 Å². The smallest absolute Gasteiger partial charge is 0.307 e. The summed E-state index contributed by atoms with van der Waals surface area (Å²) in [6.07, 6.45) is 3.51. The molecule has 0 unspecified atom stereocenters. The molecule has 0 aliphatic carbocycles. The molecule has 1 aromatic carbocycles. The number of rotatable bonds is 6. The Morgan fingerprint density at radius 2 is 2.14 bits per heavy atom. The van der Waals surface area contributed by atoms with Gasteiger partial charge in [-0.3, -0.25) is 9.59 Å². The summed E-state index contributed by atoms with van der Waals surface area (Å²) in [5.41, 5.74) is 2.04. The molecule has 1 heterocycles. The fourth-order valence-electron chi connectivity index (χ4n) is 2.22.